The Balaban J connectivity index is 1.57. The van der Waals surface area contributed by atoms with Crippen LogP contribution in [0.15, 0.2) is 60.9 Å². The third-order valence-electron chi connectivity index (χ3n) is 4.14. The standard InChI is InChI=1S/C19H15N5O2/c1-2-4-13(5-3-1)15-11-18(24-19(23-15)20-12-21-24)22-14-6-7-16-17(10-14)26-9-8-25-16/h1-7,10-12,22H,8-9H2. The minimum atomic E-state index is 0.534. The maximum atomic E-state index is 5.66. The molecule has 0 amide bonds. The largest absolute Gasteiger partial charge is 0.486 e. The molecule has 5 rings (SSSR count). The van der Waals surface area contributed by atoms with Gasteiger partial charge in [-0.2, -0.15) is 14.6 Å². The Kier molecular flexibility index (Phi) is 3.41. The van der Waals surface area contributed by atoms with Gasteiger partial charge in [0.25, 0.3) is 5.78 Å². The van der Waals surface area contributed by atoms with Crippen molar-refractivity contribution in [2.45, 2.75) is 0 Å². The van der Waals surface area contributed by atoms with Crippen LogP contribution in [0.4, 0.5) is 11.5 Å². The minimum absolute atomic E-state index is 0.534. The summed E-state index contributed by atoms with van der Waals surface area (Å²) in [6, 6.07) is 17.7. The van der Waals surface area contributed by atoms with Gasteiger partial charge in [-0.3, -0.25) is 0 Å². The van der Waals surface area contributed by atoms with Crippen LogP contribution in [0.1, 0.15) is 0 Å². The number of anilines is 2. The van der Waals surface area contributed by atoms with Crippen molar-refractivity contribution in [1.29, 1.82) is 0 Å². The van der Waals surface area contributed by atoms with E-state index in [9.17, 15) is 0 Å². The monoisotopic (exact) mass is 345 g/mol. The van der Waals surface area contributed by atoms with Crippen LogP contribution in [0, 0.1) is 0 Å². The lowest BCUT2D eigenvalue weighted by Crippen LogP contribution is -2.15. The number of rotatable bonds is 3. The van der Waals surface area contributed by atoms with E-state index in [-0.39, 0.29) is 0 Å². The van der Waals surface area contributed by atoms with Crippen molar-refractivity contribution in [3.63, 3.8) is 0 Å². The van der Waals surface area contributed by atoms with Crippen LogP contribution < -0.4 is 14.8 Å². The summed E-state index contributed by atoms with van der Waals surface area (Å²) in [6.45, 7) is 1.13. The first kappa shape index (κ1) is 14.7. The lowest BCUT2D eigenvalue weighted by atomic mass is 10.1. The van der Waals surface area contributed by atoms with Gasteiger partial charge in [0.1, 0.15) is 25.4 Å². The normalized spacial score (nSPS) is 12.9. The van der Waals surface area contributed by atoms with Crippen molar-refractivity contribution < 1.29 is 9.47 Å². The number of hydrogen-bond donors (Lipinski definition) is 1. The number of aromatic nitrogens is 4. The number of benzene rings is 2. The second-order valence-corrected chi connectivity index (χ2v) is 5.85. The van der Waals surface area contributed by atoms with Crippen molar-refractivity contribution in [1.82, 2.24) is 19.6 Å². The summed E-state index contributed by atoms with van der Waals surface area (Å²) in [4.78, 5) is 8.82. The molecule has 26 heavy (non-hydrogen) atoms. The lowest BCUT2D eigenvalue weighted by Gasteiger charge is -2.19. The molecule has 2 aromatic carbocycles. The Morgan fingerprint density at radius 1 is 0.923 bits per heavy atom. The quantitative estimate of drug-likeness (QED) is 0.614. The summed E-state index contributed by atoms with van der Waals surface area (Å²) in [6.07, 6.45) is 1.49. The molecule has 2 aromatic heterocycles. The van der Waals surface area contributed by atoms with E-state index < -0.39 is 0 Å². The van der Waals surface area contributed by atoms with E-state index in [4.69, 9.17) is 9.47 Å². The van der Waals surface area contributed by atoms with Crippen molar-refractivity contribution in [3.05, 3.63) is 60.9 Å². The fraction of sp³-hybridized carbons (Fsp3) is 0.105. The molecule has 0 atom stereocenters. The fourth-order valence-corrected chi connectivity index (χ4v) is 2.93. The van der Waals surface area contributed by atoms with Gasteiger partial charge in [-0.1, -0.05) is 30.3 Å². The Bertz CT molecular complexity index is 1080. The molecule has 0 radical (unpaired) electrons. The van der Waals surface area contributed by atoms with E-state index in [1.165, 1.54) is 6.33 Å². The van der Waals surface area contributed by atoms with Gasteiger partial charge in [-0.25, -0.2) is 4.98 Å². The molecular formula is C19H15N5O2. The van der Waals surface area contributed by atoms with E-state index in [1.807, 2.05) is 54.6 Å². The first-order valence-corrected chi connectivity index (χ1v) is 8.30. The summed E-state index contributed by atoms with van der Waals surface area (Å²) >= 11 is 0. The summed E-state index contributed by atoms with van der Waals surface area (Å²) in [5.74, 6) is 2.79. The average molecular weight is 345 g/mol. The van der Waals surface area contributed by atoms with Crippen LogP contribution in [0.5, 0.6) is 11.5 Å². The molecule has 0 spiro atoms. The molecule has 4 aromatic rings. The molecule has 0 aliphatic carbocycles. The van der Waals surface area contributed by atoms with Crippen LogP contribution in [-0.2, 0) is 0 Å². The third-order valence-corrected chi connectivity index (χ3v) is 4.14. The van der Waals surface area contributed by atoms with E-state index in [2.05, 4.69) is 20.4 Å². The fourth-order valence-electron chi connectivity index (χ4n) is 2.93. The maximum absolute atomic E-state index is 5.66. The highest BCUT2D eigenvalue weighted by atomic mass is 16.6. The molecule has 0 unspecified atom stereocenters. The van der Waals surface area contributed by atoms with E-state index in [0.717, 1.165) is 34.3 Å². The Morgan fingerprint density at radius 3 is 2.65 bits per heavy atom. The van der Waals surface area contributed by atoms with E-state index in [1.54, 1.807) is 4.52 Å². The third kappa shape index (κ3) is 2.59. The molecular weight excluding hydrogens is 330 g/mol. The molecule has 0 bridgehead atoms. The first-order valence-electron chi connectivity index (χ1n) is 8.30. The number of nitrogens with zero attached hydrogens (tertiary/aromatic N) is 4. The highest BCUT2D eigenvalue weighted by Crippen LogP contribution is 2.34. The summed E-state index contributed by atoms with van der Waals surface area (Å²) < 4.78 is 12.9. The Morgan fingerprint density at radius 2 is 1.77 bits per heavy atom. The molecule has 0 saturated heterocycles. The molecule has 7 heteroatoms. The van der Waals surface area contributed by atoms with Gasteiger partial charge >= 0.3 is 0 Å². The summed E-state index contributed by atoms with van der Waals surface area (Å²) in [5.41, 5.74) is 2.71. The van der Waals surface area contributed by atoms with Crippen LogP contribution in [-0.4, -0.2) is 32.8 Å². The van der Waals surface area contributed by atoms with Crippen molar-refractivity contribution in [3.8, 4) is 22.8 Å². The van der Waals surface area contributed by atoms with Crippen molar-refractivity contribution in [2.24, 2.45) is 0 Å². The molecule has 128 valence electrons. The smallest absolute Gasteiger partial charge is 0.254 e. The van der Waals surface area contributed by atoms with E-state index >= 15 is 0 Å². The minimum Gasteiger partial charge on any atom is -0.486 e. The van der Waals surface area contributed by atoms with Gasteiger partial charge in [0.15, 0.2) is 11.5 Å². The van der Waals surface area contributed by atoms with E-state index in [0.29, 0.717) is 19.0 Å². The van der Waals surface area contributed by atoms with Crippen molar-refractivity contribution >= 4 is 17.3 Å². The van der Waals surface area contributed by atoms with Gasteiger partial charge < -0.3 is 14.8 Å². The Hall–Kier alpha value is -3.61. The van der Waals surface area contributed by atoms with Gasteiger partial charge in [0.2, 0.25) is 0 Å². The van der Waals surface area contributed by atoms with Crippen LogP contribution in [0.25, 0.3) is 17.0 Å². The number of nitrogens with one attached hydrogen (secondary N) is 1. The van der Waals surface area contributed by atoms with Gasteiger partial charge in [0.05, 0.1) is 5.69 Å². The van der Waals surface area contributed by atoms with Crippen LogP contribution in [0.3, 0.4) is 0 Å². The molecule has 7 nitrogen and oxygen atoms in total. The molecule has 3 heterocycles. The molecule has 0 fully saturated rings. The number of ether oxygens (including phenoxy) is 2. The molecule has 0 saturated carbocycles. The Labute approximate surface area is 149 Å². The van der Waals surface area contributed by atoms with Gasteiger partial charge in [0, 0.05) is 23.4 Å². The van der Waals surface area contributed by atoms with Gasteiger partial charge in [-0.15, -0.1) is 0 Å². The lowest BCUT2D eigenvalue weighted by molar-refractivity contribution is 0.171. The zero-order chi connectivity index (χ0) is 17.3. The predicted molar refractivity (Wildman–Crippen MR) is 96.9 cm³/mol. The average Bonchev–Trinajstić information content (AvgIpc) is 3.18. The van der Waals surface area contributed by atoms with Crippen molar-refractivity contribution in [2.75, 3.05) is 18.5 Å². The van der Waals surface area contributed by atoms with Crippen LogP contribution in [0.2, 0.25) is 0 Å². The molecule has 1 N–H and O–H groups in total. The topological polar surface area (TPSA) is 73.6 Å². The second kappa shape index (κ2) is 6.03. The zero-order valence-corrected chi connectivity index (χ0v) is 13.8. The molecule has 1 aliphatic heterocycles. The summed E-state index contributed by atoms with van der Waals surface area (Å²) in [5, 5.41) is 7.64. The maximum Gasteiger partial charge on any atom is 0.254 e. The highest BCUT2D eigenvalue weighted by molar-refractivity contribution is 5.69. The second-order valence-electron chi connectivity index (χ2n) is 5.85. The zero-order valence-electron chi connectivity index (χ0n) is 13.8. The van der Waals surface area contributed by atoms with Gasteiger partial charge in [-0.05, 0) is 12.1 Å². The van der Waals surface area contributed by atoms with Crippen LogP contribution >= 0.6 is 0 Å². The molecule has 1 aliphatic rings. The number of hydrogen-bond acceptors (Lipinski definition) is 6. The highest BCUT2D eigenvalue weighted by Gasteiger charge is 2.14. The number of fused-ring (bicyclic) bond motifs is 2. The first-order chi connectivity index (χ1) is 12.9. The summed E-state index contributed by atoms with van der Waals surface area (Å²) in [7, 11) is 0. The SMILES string of the molecule is c1ccc(-c2cc(Nc3ccc4c(c3)OCCO4)n3ncnc3n2)cc1. The predicted octanol–water partition coefficient (Wildman–Crippen LogP) is 3.31.